The summed E-state index contributed by atoms with van der Waals surface area (Å²) in [6, 6.07) is 14.7. The normalized spacial score (nSPS) is 10.2. The van der Waals surface area contributed by atoms with Crippen LogP contribution in [0.15, 0.2) is 53.4 Å². The molecular formula is C19H21NO3S. The third kappa shape index (κ3) is 5.13. The van der Waals surface area contributed by atoms with Gasteiger partial charge in [-0.1, -0.05) is 25.1 Å². The molecule has 4 nitrogen and oxygen atoms in total. The van der Waals surface area contributed by atoms with E-state index in [1.54, 1.807) is 19.2 Å². The van der Waals surface area contributed by atoms with Crippen molar-refractivity contribution >= 4 is 29.1 Å². The molecule has 2 aromatic rings. The fourth-order valence-corrected chi connectivity index (χ4v) is 3.05. The minimum atomic E-state index is 0.00440. The summed E-state index contributed by atoms with van der Waals surface area (Å²) >= 11 is 1.44. The maximum Gasteiger partial charge on any atom is 0.224 e. The number of carbonyl (C=O) groups excluding carboxylic acids is 2. The summed E-state index contributed by atoms with van der Waals surface area (Å²) in [6.45, 7) is 1.97. The first-order valence-corrected chi connectivity index (χ1v) is 8.81. The highest BCUT2D eigenvalue weighted by molar-refractivity contribution is 8.00. The summed E-state index contributed by atoms with van der Waals surface area (Å²) in [6.07, 6.45) is 1.32. The fraction of sp³-hybridized carbons (Fsp3) is 0.263. The number of Topliss-reactive ketones (excluding diaryl/α,β-unsaturated/α-hetero) is 1. The second-order valence-electron chi connectivity index (χ2n) is 5.24. The van der Waals surface area contributed by atoms with Crippen LogP contribution in [0.4, 0.5) is 5.69 Å². The maximum atomic E-state index is 12.4. The number of hydrogen-bond donors (Lipinski definition) is 1. The molecule has 0 unspecified atom stereocenters. The van der Waals surface area contributed by atoms with Gasteiger partial charge in [-0.05, 0) is 36.8 Å². The average molecular weight is 343 g/mol. The zero-order valence-electron chi connectivity index (χ0n) is 13.9. The van der Waals surface area contributed by atoms with Gasteiger partial charge in [0.1, 0.15) is 5.75 Å². The monoisotopic (exact) mass is 343 g/mol. The van der Waals surface area contributed by atoms with Gasteiger partial charge in [-0.2, -0.15) is 0 Å². The van der Waals surface area contributed by atoms with Crippen molar-refractivity contribution < 1.29 is 14.3 Å². The first-order chi connectivity index (χ1) is 11.6. The summed E-state index contributed by atoms with van der Waals surface area (Å²) in [7, 11) is 1.56. The van der Waals surface area contributed by atoms with Gasteiger partial charge in [0, 0.05) is 17.0 Å². The van der Waals surface area contributed by atoms with Crippen molar-refractivity contribution in [2.75, 3.05) is 18.2 Å². The van der Waals surface area contributed by atoms with E-state index in [1.807, 2.05) is 43.3 Å². The van der Waals surface area contributed by atoms with Crippen LogP contribution in [0.25, 0.3) is 0 Å². The molecule has 126 valence electrons. The SMILES string of the molecule is CCCC(=O)Nc1cccc(SCC(=O)c2ccccc2OC)c1. The molecule has 1 N–H and O–H groups in total. The minimum Gasteiger partial charge on any atom is -0.496 e. The van der Waals surface area contributed by atoms with E-state index in [1.165, 1.54) is 11.8 Å². The molecular weight excluding hydrogens is 322 g/mol. The number of ether oxygens (including phenoxy) is 1. The molecule has 0 aliphatic heterocycles. The maximum absolute atomic E-state index is 12.4. The quantitative estimate of drug-likeness (QED) is 0.570. The smallest absolute Gasteiger partial charge is 0.224 e. The predicted molar refractivity (Wildman–Crippen MR) is 98.0 cm³/mol. The number of benzene rings is 2. The number of nitrogens with one attached hydrogen (secondary N) is 1. The van der Waals surface area contributed by atoms with E-state index >= 15 is 0 Å². The van der Waals surface area contributed by atoms with Gasteiger partial charge in [0.2, 0.25) is 5.91 Å². The van der Waals surface area contributed by atoms with Crippen LogP contribution in [-0.4, -0.2) is 24.6 Å². The second kappa shape index (κ2) is 9.13. The minimum absolute atomic E-state index is 0.00440. The van der Waals surface area contributed by atoms with Gasteiger partial charge >= 0.3 is 0 Å². The van der Waals surface area contributed by atoms with E-state index in [4.69, 9.17) is 4.74 Å². The zero-order chi connectivity index (χ0) is 17.4. The number of carbonyl (C=O) groups is 2. The molecule has 1 amide bonds. The van der Waals surface area contributed by atoms with Crippen molar-refractivity contribution in [3.8, 4) is 5.75 Å². The van der Waals surface area contributed by atoms with Crippen LogP contribution in [0.3, 0.4) is 0 Å². The van der Waals surface area contributed by atoms with Crippen molar-refractivity contribution in [2.45, 2.75) is 24.7 Å². The predicted octanol–water partition coefficient (Wildman–Crippen LogP) is 4.41. The van der Waals surface area contributed by atoms with Crippen molar-refractivity contribution in [2.24, 2.45) is 0 Å². The molecule has 0 aromatic heterocycles. The summed E-state index contributed by atoms with van der Waals surface area (Å²) in [4.78, 5) is 25.0. The Bertz CT molecular complexity index is 715. The molecule has 0 fully saturated rings. The van der Waals surface area contributed by atoms with Crippen LogP contribution in [0, 0.1) is 0 Å². The highest BCUT2D eigenvalue weighted by atomic mass is 32.2. The largest absolute Gasteiger partial charge is 0.496 e. The highest BCUT2D eigenvalue weighted by Gasteiger charge is 2.12. The van der Waals surface area contributed by atoms with E-state index < -0.39 is 0 Å². The van der Waals surface area contributed by atoms with E-state index in [9.17, 15) is 9.59 Å². The van der Waals surface area contributed by atoms with Crippen molar-refractivity contribution in [1.29, 1.82) is 0 Å². The van der Waals surface area contributed by atoms with Gasteiger partial charge in [-0.15, -0.1) is 11.8 Å². The average Bonchev–Trinajstić information content (AvgIpc) is 2.60. The Hall–Kier alpha value is -2.27. The van der Waals surface area contributed by atoms with Crippen molar-refractivity contribution in [1.82, 2.24) is 0 Å². The van der Waals surface area contributed by atoms with Crippen LogP contribution in [-0.2, 0) is 4.79 Å². The Morgan fingerprint density at radius 2 is 1.92 bits per heavy atom. The zero-order valence-corrected chi connectivity index (χ0v) is 14.7. The lowest BCUT2D eigenvalue weighted by atomic mass is 10.1. The van der Waals surface area contributed by atoms with E-state index in [-0.39, 0.29) is 11.7 Å². The molecule has 0 aliphatic rings. The van der Waals surface area contributed by atoms with E-state index in [0.29, 0.717) is 23.5 Å². The molecule has 24 heavy (non-hydrogen) atoms. The molecule has 0 saturated heterocycles. The molecule has 0 saturated carbocycles. The number of thioether (sulfide) groups is 1. The van der Waals surface area contributed by atoms with Crippen molar-refractivity contribution in [3.05, 3.63) is 54.1 Å². The van der Waals surface area contributed by atoms with Gasteiger partial charge in [0.05, 0.1) is 18.4 Å². The Kier molecular flexibility index (Phi) is 6.88. The van der Waals surface area contributed by atoms with Crippen LogP contribution in [0.2, 0.25) is 0 Å². The second-order valence-corrected chi connectivity index (χ2v) is 6.29. The fourth-order valence-electron chi connectivity index (χ4n) is 2.22. The summed E-state index contributed by atoms with van der Waals surface area (Å²) in [5.74, 6) is 0.915. The standard InChI is InChI=1S/C19H21NO3S/c1-3-7-19(22)20-14-8-6-9-15(12-14)24-13-17(21)16-10-4-5-11-18(16)23-2/h4-6,8-12H,3,7,13H2,1-2H3,(H,20,22). The van der Waals surface area contributed by atoms with Gasteiger partial charge in [-0.3, -0.25) is 9.59 Å². The summed E-state index contributed by atoms with van der Waals surface area (Å²) in [5, 5.41) is 2.86. The van der Waals surface area contributed by atoms with Gasteiger partial charge in [0.25, 0.3) is 0 Å². The van der Waals surface area contributed by atoms with Gasteiger partial charge < -0.3 is 10.1 Å². The number of para-hydroxylation sites is 1. The third-order valence-corrected chi connectivity index (χ3v) is 4.37. The molecule has 0 radical (unpaired) electrons. The molecule has 0 spiro atoms. The molecule has 0 heterocycles. The van der Waals surface area contributed by atoms with Crippen LogP contribution in [0.1, 0.15) is 30.1 Å². The number of anilines is 1. The molecule has 0 aliphatic carbocycles. The lowest BCUT2D eigenvalue weighted by molar-refractivity contribution is -0.116. The molecule has 5 heteroatoms. The Balaban J connectivity index is 1.99. The van der Waals surface area contributed by atoms with E-state index in [2.05, 4.69) is 5.32 Å². The number of ketones is 1. The van der Waals surface area contributed by atoms with Crippen LogP contribution >= 0.6 is 11.8 Å². The highest BCUT2D eigenvalue weighted by Crippen LogP contribution is 2.25. The first kappa shape index (κ1) is 18.1. The van der Waals surface area contributed by atoms with Gasteiger partial charge in [0.15, 0.2) is 5.78 Å². The summed E-state index contributed by atoms with van der Waals surface area (Å²) in [5.41, 5.74) is 1.34. The Morgan fingerprint density at radius 3 is 2.67 bits per heavy atom. The van der Waals surface area contributed by atoms with Crippen LogP contribution < -0.4 is 10.1 Å². The number of methoxy groups -OCH3 is 1. The lowest BCUT2D eigenvalue weighted by Crippen LogP contribution is -2.10. The number of hydrogen-bond acceptors (Lipinski definition) is 4. The molecule has 2 aromatic carbocycles. The third-order valence-electron chi connectivity index (χ3n) is 3.37. The number of amides is 1. The number of rotatable bonds is 8. The van der Waals surface area contributed by atoms with Crippen molar-refractivity contribution in [3.63, 3.8) is 0 Å². The molecule has 0 atom stereocenters. The van der Waals surface area contributed by atoms with Crippen LogP contribution in [0.5, 0.6) is 5.75 Å². The topological polar surface area (TPSA) is 55.4 Å². The Morgan fingerprint density at radius 1 is 1.12 bits per heavy atom. The van der Waals surface area contributed by atoms with Gasteiger partial charge in [-0.25, -0.2) is 0 Å². The lowest BCUT2D eigenvalue weighted by Gasteiger charge is -2.08. The van der Waals surface area contributed by atoms with E-state index in [0.717, 1.165) is 17.0 Å². The first-order valence-electron chi connectivity index (χ1n) is 7.83. The molecule has 2 rings (SSSR count). The summed E-state index contributed by atoms with van der Waals surface area (Å²) < 4.78 is 5.23. The Labute approximate surface area is 146 Å². The molecule has 0 bridgehead atoms.